The molecule has 1 aliphatic carbocycles. The Morgan fingerprint density at radius 2 is 2.00 bits per heavy atom. The summed E-state index contributed by atoms with van der Waals surface area (Å²) < 4.78 is 0. The number of rotatable bonds is 7. The van der Waals surface area contributed by atoms with Crippen LogP contribution in [-0.4, -0.2) is 6.54 Å². The lowest BCUT2D eigenvalue weighted by molar-refractivity contribution is 0.366. The van der Waals surface area contributed by atoms with Gasteiger partial charge in [-0.15, -0.1) is 0 Å². The summed E-state index contributed by atoms with van der Waals surface area (Å²) in [6.07, 6.45) is 6.37. The highest BCUT2D eigenvalue weighted by Crippen LogP contribution is 2.54. The Morgan fingerprint density at radius 3 is 2.61 bits per heavy atom. The lowest BCUT2D eigenvalue weighted by atomic mass is 9.90. The van der Waals surface area contributed by atoms with Gasteiger partial charge in [0.25, 0.3) is 0 Å². The van der Waals surface area contributed by atoms with Crippen LogP contribution in [0, 0.1) is 5.41 Å². The molecular formula is C17H27N. The van der Waals surface area contributed by atoms with Crippen LogP contribution in [0.2, 0.25) is 0 Å². The van der Waals surface area contributed by atoms with Crippen LogP contribution >= 0.6 is 0 Å². The number of hydrogen-bond acceptors (Lipinski definition) is 1. The van der Waals surface area contributed by atoms with Crippen molar-refractivity contribution < 1.29 is 0 Å². The second-order valence-corrected chi connectivity index (χ2v) is 6.04. The Bertz CT molecular complexity index is 379. The first-order valence-electron chi connectivity index (χ1n) is 7.52. The quantitative estimate of drug-likeness (QED) is 0.747. The fourth-order valence-corrected chi connectivity index (χ4v) is 2.76. The molecule has 1 nitrogen and oxygen atoms in total. The molecule has 0 bridgehead atoms. The van der Waals surface area contributed by atoms with Crippen LogP contribution < -0.4 is 5.32 Å². The Hall–Kier alpha value is -0.820. The van der Waals surface area contributed by atoms with Crippen LogP contribution in [-0.2, 0) is 6.42 Å². The van der Waals surface area contributed by atoms with Gasteiger partial charge in [0.1, 0.15) is 0 Å². The molecule has 0 aromatic heterocycles. The van der Waals surface area contributed by atoms with E-state index in [9.17, 15) is 0 Å². The number of benzene rings is 1. The van der Waals surface area contributed by atoms with Gasteiger partial charge in [-0.25, -0.2) is 0 Å². The van der Waals surface area contributed by atoms with Crippen LogP contribution in [0.4, 0.5) is 0 Å². The summed E-state index contributed by atoms with van der Waals surface area (Å²) in [6, 6.07) is 9.76. The van der Waals surface area contributed by atoms with Crippen LogP contribution in [0.25, 0.3) is 0 Å². The van der Waals surface area contributed by atoms with Crippen molar-refractivity contribution in [3.8, 4) is 0 Å². The third-order valence-electron chi connectivity index (χ3n) is 4.16. The molecule has 1 fully saturated rings. The molecule has 1 atom stereocenters. The molecule has 2 rings (SSSR count). The van der Waals surface area contributed by atoms with E-state index in [1.807, 2.05) is 0 Å². The van der Waals surface area contributed by atoms with Gasteiger partial charge in [-0.05, 0) is 48.8 Å². The Kier molecular flexibility index (Phi) is 4.45. The van der Waals surface area contributed by atoms with E-state index in [-0.39, 0.29) is 0 Å². The van der Waals surface area contributed by atoms with E-state index in [1.54, 1.807) is 0 Å². The van der Waals surface area contributed by atoms with Crippen LogP contribution in [0.15, 0.2) is 24.3 Å². The van der Waals surface area contributed by atoms with E-state index >= 15 is 0 Å². The first kappa shape index (κ1) is 13.6. The molecule has 0 spiro atoms. The normalized spacial score (nSPS) is 18.6. The second kappa shape index (κ2) is 5.88. The van der Waals surface area contributed by atoms with Gasteiger partial charge in [-0.3, -0.25) is 0 Å². The molecule has 1 N–H and O–H groups in total. The van der Waals surface area contributed by atoms with Gasteiger partial charge in [0.05, 0.1) is 0 Å². The molecule has 0 radical (unpaired) electrons. The first-order valence-corrected chi connectivity index (χ1v) is 7.52. The van der Waals surface area contributed by atoms with Gasteiger partial charge >= 0.3 is 0 Å². The predicted molar refractivity (Wildman–Crippen MR) is 78.8 cm³/mol. The van der Waals surface area contributed by atoms with Crippen LogP contribution in [0.1, 0.15) is 63.6 Å². The minimum Gasteiger partial charge on any atom is -0.309 e. The fourth-order valence-electron chi connectivity index (χ4n) is 2.76. The van der Waals surface area contributed by atoms with Crippen molar-refractivity contribution in [1.82, 2.24) is 5.32 Å². The Balaban J connectivity index is 2.16. The van der Waals surface area contributed by atoms with Gasteiger partial charge in [-0.1, -0.05) is 51.5 Å². The molecule has 1 unspecified atom stereocenters. The average Bonchev–Trinajstić information content (AvgIpc) is 3.10. The lowest BCUT2D eigenvalue weighted by Crippen LogP contribution is -2.28. The number of nitrogens with one attached hydrogen (secondary N) is 1. The van der Waals surface area contributed by atoms with E-state index in [4.69, 9.17) is 0 Å². The lowest BCUT2D eigenvalue weighted by Gasteiger charge is -2.26. The summed E-state index contributed by atoms with van der Waals surface area (Å²) in [5, 5.41) is 3.76. The van der Waals surface area contributed by atoms with Crippen molar-refractivity contribution in [1.29, 1.82) is 0 Å². The molecule has 0 aliphatic heterocycles. The van der Waals surface area contributed by atoms with Crippen molar-refractivity contribution in [2.45, 2.75) is 58.9 Å². The Morgan fingerprint density at radius 1 is 1.22 bits per heavy atom. The molecular weight excluding hydrogens is 218 g/mol. The van der Waals surface area contributed by atoms with Crippen LogP contribution in [0.3, 0.4) is 0 Å². The smallest absolute Gasteiger partial charge is 0.0374 e. The molecule has 1 aliphatic rings. The minimum absolute atomic E-state index is 0.500. The summed E-state index contributed by atoms with van der Waals surface area (Å²) in [5.41, 5.74) is 3.48. The maximum atomic E-state index is 3.76. The van der Waals surface area contributed by atoms with E-state index < -0.39 is 0 Å². The number of aryl methyl sites for hydroxylation is 1. The van der Waals surface area contributed by atoms with E-state index in [1.165, 1.54) is 43.2 Å². The molecule has 100 valence electrons. The zero-order valence-electron chi connectivity index (χ0n) is 12.1. The van der Waals surface area contributed by atoms with Gasteiger partial charge < -0.3 is 5.32 Å². The van der Waals surface area contributed by atoms with Crippen molar-refractivity contribution in [2.75, 3.05) is 6.54 Å². The third kappa shape index (κ3) is 3.14. The van der Waals surface area contributed by atoms with Crippen LogP contribution in [0.5, 0.6) is 0 Å². The van der Waals surface area contributed by atoms with Gasteiger partial charge in [0, 0.05) is 6.04 Å². The zero-order chi connectivity index (χ0) is 13.0. The monoisotopic (exact) mass is 245 g/mol. The summed E-state index contributed by atoms with van der Waals surface area (Å²) in [5.74, 6) is 0. The third-order valence-corrected chi connectivity index (χ3v) is 4.16. The summed E-state index contributed by atoms with van der Waals surface area (Å²) in [6.45, 7) is 8.04. The molecule has 1 aromatic carbocycles. The molecule has 0 saturated heterocycles. The maximum Gasteiger partial charge on any atom is 0.0374 e. The highest BCUT2D eigenvalue weighted by atomic mass is 14.9. The summed E-state index contributed by atoms with van der Waals surface area (Å²) in [4.78, 5) is 0. The topological polar surface area (TPSA) is 12.0 Å². The zero-order valence-corrected chi connectivity index (χ0v) is 12.1. The van der Waals surface area contributed by atoms with Gasteiger partial charge in [0.2, 0.25) is 0 Å². The van der Waals surface area contributed by atoms with Crippen molar-refractivity contribution in [3.05, 3.63) is 35.4 Å². The second-order valence-electron chi connectivity index (χ2n) is 6.04. The van der Waals surface area contributed by atoms with E-state index in [2.05, 4.69) is 50.4 Å². The van der Waals surface area contributed by atoms with E-state index in [0.717, 1.165) is 6.54 Å². The fraction of sp³-hybridized carbons (Fsp3) is 0.647. The summed E-state index contributed by atoms with van der Waals surface area (Å²) >= 11 is 0. The maximum absolute atomic E-state index is 3.76. The van der Waals surface area contributed by atoms with Crippen molar-refractivity contribution >= 4 is 0 Å². The van der Waals surface area contributed by atoms with Gasteiger partial charge in [-0.2, -0.15) is 0 Å². The predicted octanol–water partition coefficient (Wildman–Crippen LogP) is 4.48. The Labute approximate surface area is 112 Å². The minimum atomic E-state index is 0.500. The first-order chi connectivity index (χ1) is 8.69. The number of hydrogen-bond donors (Lipinski definition) is 1. The van der Waals surface area contributed by atoms with Crippen molar-refractivity contribution in [2.24, 2.45) is 5.41 Å². The standard InChI is InChI=1S/C17H27N/c1-4-7-14-8-6-9-15(13-14)16(18-12-5-2)17(3)10-11-17/h6,8-9,13,16,18H,4-5,7,10-12H2,1-3H3. The largest absolute Gasteiger partial charge is 0.309 e. The highest BCUT2D eigenvalue weighted by molar-refractivity contribution is 5.29. The van der Waals surface area contributed by atoms with Crippen molar-refractivity contribution in [3.63, 3.8) is 0 Å². The molecule has 18 heavy (non-hydrogen) atoms. The molecule has 1 aromatic rings. The molecule has 0 amide bonds. The average molecular weight is 245 g/mol. The van der Waals surface area contributed by atoms with E-state index in [0.29, 0.717) is 11.5 Å². The SMILES string of the molecule is CCCNC(c1cccc(CCC)c1)C1(C)CC1. The summed E-state index contributed by atoms with van der Waals surface area (Å²) in [7, 11) is 0. The molecule has 0 heterocycles. The highest BCUT2D eigenvalue weighted by Gasteiger charge is 2.45. The molecule has 1 saturated carbocycles. The van der Waals surface area contributed by atoms with Gasteiger partial charge in [0.15, 0.2) is 0 Å². The molecule has 1 heteroatoms.